The fourth-order valence-electron chi connectivity index (χ4n) is 18.5. The number of rotatable bonds is 4. The van der Waals surface area contributed by atoms with Gasteiger partial charge in [0.2, 0.25) is 0 Å². The summed E-state index contributed by atoms with van der Waals surface area (Å²) in [6.45, 7) is 19.2. The third kappa shape index (κ3) is 7.44. The van der Waals surface area contributed by atoms with Gasteiger partial charge in [-0.3, -0.25) is 0 Å². The molecule has 6 nitrogen and oxygen atoms in total. The zero-order chi connectivity index (χ0) is 64.2. The molecule has 15 aromatic rings. The number of anilines is 6. The molecule has 0 N–H and O–H groups in total. The molecule has 0 unspecified atom stereocenters. The highest BCUT2D eigenvalue weighted by Crippen LogP contribution is 2.55. The second-order valence-electron chi connectivity index (χ2n) is 30.8. The molecule has 21 rings (SSSR count). The van der Waals surface area contributed by atoms with Gasteiger partial charge in [0.15, 0.2) is 0 Å². The predicted octanol–water partition coefficient (Wildman–Crippen LogP) is 19.8. The predicted molar refractivity (Wildman–Crippen MR) is 408 cm³/mol. The van der Waals surface area contributed by atoms with Gasteiger partial charge in [-0.05, 0) is 164 Å². The van der Waals surface area contributed by atoms with Crippen LogP contribution in [0.1, 0.15) is 103 Å². The molecule has 0 spiro atoms. The minimum atomic E-state index is -0.170. The molecule has 10 heteroatoms. The molecule has 4 aliphatic heterocycles. The van der Waals surface area contributed by atoms with E-state index in [1.54, 1.807) is 0 Å². The first-order valence-electron chi connectivity index (χ1n) is 34.4. The lowest BCUT2D eigenvalue weighted by atomic mass is 9.33. The first kappa shape index (κ1) is 55.5. The Balaban J connectivity index is 0.838. The monoisotopic (exact) mass is 1270 g/mol. The van der Waals surface area contributed by atoms with Gasteiger partial charge in [-0.25, -0.2) is 0 Å². The molecule has 8 heterocycles. The van der Waals surface area contributed by atoms with E-state index in [2.05, 4.69) is 293 Å². The molecule has 4 aromatic heterocycles. The van der Waals surface area contributed by atoms with Crippen molar-refractivity contribution < 1.29 is 9.47 Å². The summed E-state index contributed by atoms with van der Waals surface area (Å²) in [6, 6.07) is 83.1. The van der Waals surface area contributed by atoms with Crippen molar-refractivity contribution in [2.24, 2.45) is 0 Å². The zero-order valence-corrected chi connectivity index (χ0v) is 56.8. The Kier molecular flexibility index (Phi) is 11.0. The van der Waals surface area contributed by atoms with E-state index in [1.807, 2.05) is 22.7 Å². The summed E-state index contributed by atoms with van der Waals surface area (Å²) in [6.07, 6.45) is 4.57. The van der Waals surface area contributed by atoms with Crippen molar-refractivity contribution >= 4 is 165 Å². The summed E-state index contributed by atoms with van der Waals surface area (Å²) in [7, 11) is 0. The van der Waals surface area contributed by atoms with Gasteiger partial charge in [-0.1, -0.05) is 183 Å². The number of hydrogen-bond acceptors (Lipinski definition) is 6. The number of hydrogen-bond donors (Lipinski definition) is 0. The fraction of sp³-hybridized carbons (Fsp3) is 0.186. The van der Waals surface area contributed by atoms with Gasteiger partial charge < -0.3 is 28.4 Å². The molecule has 0 atom stereocenters. The van der Waals surface area contributed by atoms with E-state index in [0.717, 1.165) is 104 Å². The highest BCUT2D eigenvalue weighted by Gasteiger charge is 2.50. The molecule has 462 valence electrons. The van der Waals surface area contributed by atoms with Crippen LogP contribution in [0.25, 0.3) is 75.2 Å². The average molecular weight is 1280 g/mol. The van der Waals surface area contributed by atoms with Crippen LogP contribution in [-0.2, 0) is 21.7 Å². The van der Waals surface area contributed by atoms with Gasteiger partial charge in [0.1, 0.15) is 23.0 Å². The van der Waals surface area contributed by atoms with Crippen LogP contribution < -0.4 is 50.7 Å². The molecule has 0 saturated carbocycles. The van der Waals surface area contributed by atoms with Gasteiger partial charge in [-0.2, -0.15) is 0 Å². The largest absolute Gasteiger partial charge is 0.458 e. The number of para-hydroxylation sites is 4. The first-order valence-corrected chi connectivity index (χ1v) is 36.0. The molecule has 96 heavy (non-hydrogen) atoms. The molecule has 0 saturated heterocycles. The van der Waals surface area contributed by atoms with Crippen LogP contribution in [0.2, 0.25) is 0 Å². The van der Waals surface area contributed by atoms with E-state index in [1.165, 1.54) is 107 Å². The van der Waals surface area contributed by atoms with E-state index in [9.17, 15) is 0 Å². The zero-order valence-electron chi connectivity index (χ0n) is 55.2. The minimum absolute atomic E-state index is 0.00362. The van der Waals surface area contributed by atoms with E-state index < -0.39 is 0 Å². The van der Waals surface area contributed by atoms with E-state index in [0.29, 0.717) is 0 Å². The highest BCUT2D eigenvalue weighted by atomic mass is 32.1. The normalized spacial score (nSPS) is 17.0. The van der Waals surface area contributed by atoms with Gasteiger partial charge in [0, 0.05) is 92.2 Å². The van der Waals surface area contributed by atoms with E-state index in [4.69, 9.17) is 9.47 Å². The van der Waals surface area contributed by atoms with Gasteiger partial charge >= 0.3 is 0 Å². The maximum absolute atomic E-state index is 7.80. The lowest BCUT2D eigenvalue weighted by Crippen LogP contribution is -2.62. The second kappa shape index (κ2) is 19.1. The average Bonchev–Trinajstić information content (AvgIpc) is 1.32. The molecule has 0 bridgehead atoms. The summed E-state index contributed by atoms with van der Waals surface area (Å²) in [4.78, 5) is 5.27. The maximum atomic E-state index is 7.80. The minimum Gasteiger partial charge on any atom is -0.458 e. The third-order valence-electron chi connectivity index (χ3n) is 23.5. The molecule has 2 aliphatic carbocycles. The van der Waals surface area contributed by atoms with Crippen LogP contribution in [0.4, 0.5) is 34.1 Å². The smallest absolute Gasteiger partial charge is 0.268 e. The standard InChI is InChI=1S/C86H68B2N4O2S2/c1-83(2)37-39-85(5,6)61-41-49(33-35-59(61)83)91-69-43-51(89-65-27-15-9-21-53(65)54-22-10-16-28-66(54)89)45-73-77(69)87(81-79(91)57-25-13-19-31-75(57)95-81)63-47-64-72(48-71(63)93-73)94-74-46-52(90-67-29-17-11-23-55(67)56-24-12-18-30-68(56)90)44-70-78(74)88(64)82-80(58-26-14-20-32-76(58)96-82)92(70)50-34-36-60-62(42-50)86(7,8)40-38-84(60,3)4/h9-36,41-48H,37-40H2,1-8H3. The van der Waals surface area contributed by atoms with Gasteiger partial charge in [0.05, 0.1) is 44.8 Å². The Hall–Kier alpha value is -9.73. The van der Waals surface area contributed by atoms with Crippen LogP contribution in [0.3, 0.4) is 0 Å². The number of benzene rings is 11. The number of ether oxygens (including phenoxy) is 2. The number of nitrogens with zero attached hydrogens (tertiary/aromatic N) is 4. The van der Waals surface area contributed by atoms with Crippen LogP contribution >= 0.6 is 22.7 Å². The lowest BCUT2D eigenvalue weighted by Gasteiger charge is -2.44. The lowest BCUT2D eigenvalue weighted by molar-refractivity contribution is 0.332. The summed E-state index contributed by atoms with van der Waals surface area (Å²) in [5, 5.41) is 7.41. The molecular formula is C86H68B2N4O2S2. The second-order valence-corrected chi connectivity index (χ2v) is 32.9. The Morgan fingerprint density at radius 2 is 0.667 bits per heavy atom. The molecule has 0 radical (unpaired) electrons. The Morgan fingerprint density at radius 3 is 1.05 bits per heavy atom. The van der Waals surface area contributed by atoms with Crippen molar-refractivity contribution in [3.8, 4) is 34.4 Å². The SMILES string of the molecule is CC1(C)CCC(C)(C)c2cc(N3c4cc(-n5c6ccccc6c6ccccc65)cc5c4B(c4cc6c(cc4O5)Oc4cc(-n5c7ccccc7c7ccccc75)cc5c4B6c4sc6ccccc6c4N5c4ccc5c(c4)C(C)(C)CCC5(C)C)c4sc5ccccc5c43)ccc21. The van der Waals surface area contributed by atoms with Gasteiger partial charge in [-0.15, -0.1) is 22.7 Å². The van der Waals surface area contributed by atoms with Crippen molar-refractivity contribution in [3.63, 3.8) is 0 Å². The Morgan fingerprint density at radius 1 is 0.323 bits per heavy atom. The van der Waals surface area contributed by atoms with Crippen LogP contribution in [0.5, 0.6) is 23.0 Å². The van der Waals surface area contributed by atoms with Crippen molar-refractivity contribution in [3.05, 3.63) is 241 Å². The van der Waals surface area contributed by atoms with E-state index in [-0.39, 0.29) is 35.1 Å². The fourth-order valence-corrected chi connectivity index (χ4v) is 21.1. The summed E-state index contributed by atoms with van der Waals surface area (Å²) in [5.74, 6) is 3.36. The number of thiophene rings is 2. The third-order valence-corrected chi connectivity index (χ3v) is 26.0. The Labute approximate surface area is 567 Å². The van der Waals surface area contributed by atoms with Crippen LogP contribution in [-0.4, -0.2) is 22.6 Å². The number of aromatic nitrogens is 2. The summed E-state index contributed by atoms with van der Waals surface area (Å²) < 4.78 is 25.7. The topological polar surface area (TPSA) is 34.8 Å². The molecule has 6 aliphatic rings. The molecular weight excluding hydrogens is 1210 g/mol. The van der Waals surface area contributed by atoms with E-state index >= 15 is 0 Å². The molecule has 0 fully saturated rings. The van der Waals surface area contributed by atoms with Crippen molar-refractivity contribution in [2.45, 2.75) is 103 Å². The Bertz CT molecular complexity index is 5530. The van der Waals surface area contributed by atoms with Gasteiger partial charge in [0.25, 0.3) is 13.4 Å². The quantitative estimate of drug-likeness (QED) is 0.165. The summed E-state index contributed by atoms with van der Waals surface area (Å²) >= 11 is 3.88. The summed E-state index contributed by atoms with van der Waals surface area (Å²) in [5.41, 5.74) is 24.5. The molecule has 0 amide bonds. The number of fused-ring (bicyclic) bond motifs is 20. The van der Waals surface area contributed by atoms with Crippen LogP contribution in [0, 0.1) is 0 Å². The first-order chi connectivity index (χ1) is 46.6. The molecule has 11 aromatic carbocycles. The van der Waals surface area contributed by atoms with Crippen molar-refractivity contribution in [2.75, 3.05) is 9.80 Å². The maximum Gasteiger partial charge on any atom is 0.268 e. The van der Waals surface area contributed by atoms with Crippen LogP contribution in [0.15, 0.2) is 218 Å². The van der Waals surface area contributed by atoms with Crippen molar-refractivity contribution in [1.82, 2.24) is 9.13 Å². The van der Waals surface area contributed by atoms with Crippen molar-refractivity contribution in [1.29, 1.82) is 0 Å². The highest BCUT2D eigenvalue weighted by molar-refractivity contribution is 7.34.